The van der Waals surface area contributed by atoms with Gasteiger partial charge in [-0.05, 0) is 12.1 Å². The first-order valence-electron chi connectivity index (χ1n) is 7.27. The highest BCUT2D eigenvalue weighted by atomic mass is 32.1. The lowest BCUT2D eigenvalue weighted by Gasteiger charge is -2.18. The topological polar surface area (TPSA) is 46.3 Å². The minimum Gasteiger partial charge on any atom is -0.462 e. The Labute approximate surface area is 145 Å². The number of alkyl halides is 3. The second-order valence-corrected chi connectivity index (χ2v) is 6.32. The van der Waals surface area contributed by atoms with Crippen LogP contribution in [0.25, 0.3) is 22.0 Å². The number of nitrogens with zero attached hydrogens (tertiary/aromatic N) is 2. The van der Waals surface area contributed by atoms with Gasteiger partial charge in [-0.1, -0.05) is 30.3 Å². The van der Waals surface area contributed by atoms with Gasteiger partial charge < -0.3 is 9.32 Å². The van der Waals surface area contributed by atoms with Crippen LogP contribution in [0.2, 0.25) is 0 Å². The molecule has 0 radical (unpaired) electrons. The maximum Gasteiger partial charge on any atom is 0.406 e. The van der Waals surface area contributed by atoms with Crippen molar-refractivity contribution in [2.75, 3.05) is 13.6 Å². The lowest BCUT2D eigenvalue weighted by molar-refractivity contribution is -0.138. The van der Waals surface area contributed by atoms with E-state index >= 15 is 0 Å². The Kier molecular flexibility index (Phi) is 4.63. The van der Waals surface area contributed by atoms with Crippen LogP contribution in [0, 0.1) is 0 Å². The molecular formula is C17H13F3N2O2S. The van der Waals surface area contributed by atoms with Gasteiger partial charge >= 0.3 is 6.18 Å². The van der Waals surface area contributed by atoms with E-state index in [2.05, 4.69) is 4.98 Å². The molecule has 3 aromatic rings. The Morgan fingerprint density at radius 1 is 1.20 bits per heavy atom. The second-order valence-electron chi connectivity index (χ2n) is 5.32. The highest BCUT2D eigenvalue weighted by Crippen LogP contribution is 2.35. The van der Waals surface area contributed by atoms with Gasteiger partial charge in [-0.25, -0.2) is 4.98 Å². The largest absolute Gasteiger partial charge is 0.462 e. The van der Waals surface area contributed by atoms with E-state index in [0.29, 0.717) is 26.9 Å². The molecule has 0 aliphatic carbocycles. The van der Waals surface area contributed by atoms with Crippen molar-refractivity contribution in [3.8, 4) is 22.0 Å². The van der Waals surface area contributed by atoms with E-state index in [1.54, 1.807) is 42.5 Å². The molecule has 3 rings (SSSR count). The van der Waals surface area contributed by atoms with Crippen molar-refractivity contribution in [2.45, 2.75) is 6.18 Å². The minimum atomic E-state index is -4.47. The van der Waals surface area contributed by atoms with Gasteiger partial charge in [0.2, 0.25) is 0 Å². The fraction of sp³-hybridized carbons (Fsp3) is 0.176. The van der Waals surface area contributed by atoms with Gasteiger partial charge in [0.1, 0.15) is 11.4 Å². The molecule has 0 bridgehead atoms. The molecule has 0 aliphatic rings. The summed E-state index contributed by atoms with van der Waals surface area (Å²) in [6, 6.07) is 12.2. The van der Waals surface area contributed by atoms with Crippen molar-refractivity contribution < 1.29 is 22.4 Å². The molecule has 1 amide bonds. The van der Waals surface area contributed by atoms with E-state index in [9.17, 15) is 18.0 Å². The van der Waals surface area contributed by atoms with Gasteiger partial charge in [-0.15, -0.1) is 11.3 Å². The molecule has 1 aromatic carbocycles. The smallest absolute Gasteiger partial charge is 0.406 e. The molecule has 0 fully saturated rings. The summed E-state index contributed by atoms with van der Waals surface area (Å²) in [5, 5.41) is 0.438. The number of rotatable bonds is 4. The van der Waals surface area contributed by atoms with E-state index in [-0.39, 0.29) is 4.88 Å². The zero-order valence-electron chi connectivity index (χ0n) is 13.1. The number of thiazole rings is 1. The number of amides is 1. The van der Waals surface area contributed by atoms with Crippen LogP contribution in [0.1, 0.15) is 9.67 Å². The lowest BCUT2D eigenvalue weighted by Crippen LogP contribution is -2.35. The predicted molar refractivity (Wildman–Crippen MR) is 88.3 cm³/mol. The maximum absolute atomic E-state index is 12.6. The summed E-state index contributed by atoms with van der Waals surface area (Å²) in [4.78, 5) is 17.8. The number of furan rings is 1. The van der Waals surface area contributed by atoms with Crippen LogP contribution in [0.15, 0.2) is 53.1 Å². The Morgan fingerprint density at radius 2 is 1.92 bits per heavy atom. The lowest BCUT2D eigenvalue weighted by atomic mass is 10.1. The number of hydrogen-bond donors (Lipinski definition) is 0. The molecule has 0 spiro atoms. The third-order valence-electron chi connectivity index (χ3n) is 3.36. The quantitative estimate of drug-likeness (QED) is 0.672. The molecule has 0 N–H and O–H groups in total. The first-order chi connectivity index (χ1) is 11.8. The van der Waals surface area contributed by atoms with Crippen molar-refractivity contribution in [3.63, 3.8) is 0 Å². The molecule has 0 unspecified atom stereocenters. The molecule has 4 nitrogen and oxygen atoms in total. The Bertz CT molecular complexity index is 858. The second kappa shape index (κ2) is 6.72. The van der Waals surface area contributed by atoms with Gasteiger partial charge in [0.25, 0.3) is 5.91 Å². The number of carbonyl (C=O) groups is 1. The molecule has 8 heteroatoms. The summed E-state index contributed by atoms with van der Waals surface area (Å²) < 4.78 is 43.1. The van der Waals surface area contributed by atoms with Crippen LogP contribution in [-0.2, 0) is 0 Å². The first kappa shape index (κ1) is 17.2. The molecule has 2 aromatic heterocycles. The standard InChI is InChI=1S/C17H13F3N2O2S/c1-22(10-17(18,19)20)16(23)14-13(11-6-3-2-4-7-11)21-15(25-14)12-8-5-9-24-12/h2-9H,10H2,1H3. The molecule has 130 valence electrons. The molecule has 2 heterocycles. The van der Waals surface area contributed by atoms with Crippen LogP contribution in [0.5, 0.6) is 0 Å². The molecule has 0 aliphatic heterocycles. The van der Waals surface area contributed by atoms with Crippen LogP contribution in [0.4, 0.5) is 13.2 Å². The van der Waals surface area contributed by atoms with Crippen molar-refractivity contribution >= 4 is 17.2 Å². The van der Waals surface area contributed by atoms with E-state index in [4.69, 9.17) is 4.42 Å². The monoisotopic (exact) mass is 366 g/mol. The summed E-state index contributed by atoms with van der Waals surface area (Å²) in [6.45, 7) is -1.33. The SMILES string of the molecule is CN(CC(F)(F)F)C(=O)c1sc(-c2ccco2)nc1-c1ccccc1. The average molecular weight is 366 g/mol. The van der Waals surface area contributed by atoms with Gasteiger partial charge in [0, 0.05) is 12.6 Å². The van der Waals surface area contributed by atoms with Crippen molar-refractivity contribution in [3.05, 3.63) is 53.6 Å². The third kappa shape index (κ3) is 3.90. The molecular weight excluding hydrogens is 353 g/mol. The molecule has 25 heavy (non-hydrogen) atoms. The average Bonchev–Trinajstić information content (AvgIpc) is 3.22. The first-order valence-corrected chi connectivity index (χ1v) is 8.09. The zero-order chi connectivity index (χ0) is 18.0. The van der Waals surface area contributed by atoms with Gasteiger partial charge in [0.05, 0.1) is 12.0 Å². The van der Waals surface area contributed by atoms with Crippen LogP contribution in [-0.4, -0.2) is 35.6 Å². The fourth-order valence-corrected chi connectivity index (χ4v) is 3.33. The predicted octanol–water partition coefficient (Wildman–Crippen LogP) is 4.70. The Hall–Kier alpha value is -2.61. The van der Waals surface area contributed by atoms with Crippen LogP contribution >= 0.6 is 11.3 Å². The number of aromatic nitrogens is 1. The Morgan fingerprint density at radius 3 is 2.52 bits per heavy atom. The third-order valence-corrected chi connectivity index (χ3v) is 4.42. The highest BCUT2D eigenvalue weighted by Gasteiger charge is 2.33. The molecule has 0 saturated carbocycles. The number of carbonyl (C=O) groups excluding carboxylic acids is 1. The highest BCUT2D eigenvalue weighted by molar-refractivity contribution is 7.17. The summed E-state index contributed by atoms with van der Waals surface area (Å²) >= 11 is 1.01. The van der Waals surface area contributed by atoms with Crippen molar-refractivity contribution in [1.29, 1.82) is 0 Å². The van der Waals surface area contributed by atoms with Gasteiger partial charge in [0.15, 0.2) is 10.8 Å². The van der Waals surface area contributed by atoms with Gasteiger partial charge in [-0.2, -0.15) is 13.2 Å². The normalized spacial score (nSPS) is 11.5. The zero-order valence-corrected chi connectivity index (χ0v) is 13.9. The maximum atomic E-state index is 12.6. The Balaban J connectivity index is 2.03. The van der Waals surface area contributed by atoms with E-state index in [1.807, 2.05) is 0 Å². The fourth-order valence-electron chi connectivity index (χ4n) is 2.28. The van der Waals surface area contributed by atoms with Crippen LogP contribution in [0.3, 0.4) is 0 Å². The summed E-state index contributed by atoms with van der Waals surface area (Å²) in [5.41, 5.74) is 0.997. The van der Waals surface area contributed by atoms with E-state index < -0.39 is 18.6 Å². The van der Waals surface area contributed by atoms with Gasteiger partial charge in [-0.3, -0.25) is 4.79 Å². The van der Waals surface area contributed by atoms with Crippen molar-refractivity contribution in [2.24, 2.45) is 0 Å². The summed E-state index contributed by atoms with van der Waals surface area (Å²) in [7, 11) is 1.12. The summed E-state index contributed by atoms with van der Waals surface area (Å²) in [6.07, 6.45) is -3.00. The van der Waals surface area contributed by atoms with E-state index in [1.165, 1.54) is 6.26 Å². The van der Waals surface area contributed by atoms with Crippen LogP contribution < -0.4 is 0 Å². The number of hydrogen-bond acceptors (Lipinski definition) is 4. The van der Waals surface area contributed by atoms with Crippen molar-refractivity contribution in [1.82, 2.24) is 9.88 Å². The number of halogens is 3. The van der Waals surface area contributed by atoms with E-state index in [0.717, 1.165) is 18.4 Å². The number of benzene rings is 1. The minimum absolute atomic E-state index is 0.143. The molecule has 0 saturated heterocycles. The summed E-state index contributed by atoms with van der Waals surface area (Å²) in [5.74, 6) is -0.272. The molecule has 0 atom stereocenters.